The summed E-state index contributed by atoms with van der Waals surface area (Å²) in [6.45, 7) is 6.67. The number of rotatable bonds is 4. The van der Waals surface area contributed by atoms with E-state index in [2.05, 4.69) is 19.9 Å². The molecular formula is C21H32O5. The number of cyclic esters (lactones) is 1. The van der Waals surface area contributed by atoms with E-state index in [0.29, 0.717) is 12.3 Å². The minimum absolute atomic E-state index is 0.0831. The van der Waals surface area contributed by atoms with Gasteiger partial charge in [-0.15, -0.1) is 0 Å². The van der Waals surface area contributed by atoms with Gasteiger partial charge < -0.3 is 14.6 Å². The van der Waals surface area contributed by atoms with E-state index in [1.54, 1.807) is 0 Å². The van der Waals surface area contributed by atoms with Crippen molar-refractivity contribution in [3.63, 3.8) is 0 Å². The molecule has 0 amide bonds. The second-order valence-corrected chi connectivity index (χ2v) is 9.12. The minimum atomic E-state index is -1.05. The SMILES string of the molecule is COC(=O)[C@@]1(C)CCC=C2[C@@H]1CC[C@@H](C)[C@]2(C)CCC1(O)COC(=O)C1. The van der Waals surface area contributed by atoms with Gasteiger partial charge in [-0.25, -0.2) is 0 Å². The van der Waals surface area contributed by atoms with Gasteiger partial charge >= 0.3 is 11.9 Å². The topological polar surface area (TPSA) is 72.8 Å². The predicted octanol–water partition coefficient (Wildman–Crippen LogP) is 3.40. The first-order chi connectivity index (χ1) is 12.1. The summed E-state index contributed by atoms with van der Waals surface area (Å²) in [5.74, 6) is 0.230. The van der Waals surface area contributed by atoms with E-state index in [1.165, 1.54) is 12.7 Å². The van der Waals surface area contributed by atoms with Crippen molar-refractivity contribution < 1.29 is 24.2 Å². The molecule has 1 saturated carbocycles. The number of allylic oxidation sites excluding steroid dienone is 2. The fourth-order valence-electron chi connectivity index (χ4n) is 5.42. The van der Waals surface area contributed by atoms with Crippen LogP contribution in [0, 0.1) is 22.7 Å². The van der Waals surface area contributed by atoms with Crippen molar-refractivity contribution in [1.29, 1.82) is 0 Å². The molecule has 2 aliphatic carbocycles. The third kappa shape index (κ3) is 3.08. The van der Waals surface area contributed by atoms with Crippen LogP contribution >= 0.6 is 0 Å². The molecule has 146 valence electrons. The Morgan fingerprint density at radius 2 is 2.08 bits per heavy atom. The van der Waals surface area contributed by atoms with Crippen molar-refractivity contribution in [2.45, 2.75) is 71.3 Å². The standard InChI is InChI=1S/C21H32O5/c1-14-7-8-16-15(6-5-9-20(16,3)18(23)25-4)19(14,2)10-11-21(24)12-17(22)26-13-21/h6,14,16,24H,5,7-13H2,1-4H3/t14-,16+,19+,20+,21?/m1/s1. The van der Waals surface area contributed by atoms with Crippen LogP contribution in [0.25, 0.3) is 0 Å². The third-order valence-corrected chi connectivity index (χ3v) is 7.54. The number of methoxy groups -OCH3 is 1. The lowest BCUT2D eigenvalue weighted by Crippen LogP contribution is -2.48. The van der Waals surface area contributed by atoms with Crippen LogP contribution < -0.4 is 0 Å². The second kappa shape index (κ2) is 6.66. The molecule has 1 aliphatic heterocycles. The normalized spacial score (nSPS) is 42.7. The zero-order valence-electron chi connectivity index (χ0n) is 16.5. The molecule has 1 N–H and O–H groups in total. The van der Waals surface area contributed by atoms with Gasteiger partial charge in [-0.3, -0.25) is 9.59 Å². The molecule has 1 saturated heterocycles. The Labute approximate surface area is 156 Å². The highest BCUT2D eigenvalue weighted by atomic mass is 16.6. The average Bonchev–Trinajstić information content (AvgIpc) is 2.96. The number of carbonyl (C=O) groups is 2. The lowest BCUT2D eigenvalue weighted by Gasteiger charge is -2.53. The molecule has 0 aromatic carbocycles. The Kier molecular flexibility index (Phi) is 4.97. The zero-order valence-corrected chi connectivity index (χ0v) is 16.5. The van der Waals surface area contributed by atoms with Crippen LogP contribution in [0.3, 0.4) is 0 Å². The first-order valence-electron chi connectivity index (χ1n) is 9.82. The van der Waals surface area contributed by atoms with E-state index in [9.17, 15) is 14.7 Å². The summed E-state index contributed by atoms with van der Waals surface area (Å²) < 4.78 is 10.1. The van der Waals surface area contributed by atoms with Crippen LogP contribution in [0.1, 0.15) is 65.7 Å². The highest BCUT2D eigenvalue weighted by Crippen LogP contribution is 2.59. The fourth-order valence-corrected chi connectivity index (χ4v) is 5.42. The number of hydrogen-bond acceptors (Lipinski definition) is 5. The molecule has 2 fully saturated rings. The number of aliphatic hydroxyl groups is 1. The lowest BCUT2D eigenvalue weighted by atomic mass is 9.51. The molecule has 5 atom stereocenters. The van der Waals surface area contributed by atoms with Crippen LogP contribution in [0.2, 0.25) is 0 Å². The van der Waals surface area contributed by atoms with Crippen molar-refractivity contribution in [1.82, 2.24) is 0 Å². The Morgan fingerprint density at radius 3 is 2.69 bits per heavy atom. The van der Waals surface area contributed by atoms with Crippen LogP contribution in [0.4, 0.5) is 0 Å². The number of ether oxygens (including phenoxy) is 2. The molecule has 26 heavy (non-hydrogen) atoms. The van der Waals surface area contributed by atoms with Gasteiger partial charge in [0.2, 0.25) is 0 Å². The molecule has 0 bridgehead atoms. The van der Waals surface area contributed by atoms with Crippen LogP contribution in [-0.2, 0) is 19.1 Å². The summed E-state index contributed by atoms with van der Waals surface area (Å²) in [6, 6.07) is 0. The monoisotopic (exact) mass is 364 g/mol. The number of fused-ring (bicyclic) bond motifs is 1. The number of hydrogen-bond donors (Lipinski definition) is 1. The Balaban J connectivity index is 1.84. The lowest BCUT2D eigenvalue weighted by molar-refractivity contribution is -0.156. The third-order valence-electron chi connectivity index (χ3n) is 7.54. The Bertz CT molecular complexity index is 626. The van der Waals surface area contributed by atoms with E-state index < -0.39 is 11.0 Å². The summed E-state index contributed by atoms with van der Waals surface area (Å²) in [6.07, 6.45) is 7.50. The molecule has 5 heteroatoms. The Hall–Kier alpha value is -1.36. The van der Waals surface area contributed by atoms with Gasteiger partial charge in [0.05, 0.1) is 18.9 Å². The van der Waals surface area contributed by atoms with Crippen molar-refractivity contribution in [2.24, 2.45) is 22.7 Å². The maximum absolute atomic E-state index is 12.5. The molecule has 0 aromatic heterocycles. The average molecular weight is 364 g/mol. The summed E-state index contributed by atoms with van der Waals surface area (Å²) in [5, 5.41) is 10.7. The van der Waals surface area contributed by atoms with Gasteiger partial charge in [0.15, 0.2) is 0 Å². The summed E-state index contributed by atoms with van der Waals surface area (Å²) in [7, 11) is 1.48. The van der Waals surface area contributed by atoms with Crippen molar-refractivity contribution in [3.05, 3.63) is 11.6 Å². The molecule has 1 heterocycles. The van der Waals surface area contributed by atoms with E-state index in [0.717, 1.165) is 32.1 Å². The largest absolute Gasteiger partial charge is 0.469 e. The van der Waals surface area contributed by atoms with E-state index >= 15 is 0 Å². The predicted molar refractivity (Wildman–Crippen MR) is 97.2 cm³/mol. The summed E-state index contributed by atoms with van der Waals surface area (Å²) >= 11 is 0. The minimum Gasteiger partial charge on any atom is -0.469 e. The number of carbonyl (C=O) groups excluding carboxylic acids is 2. The van der Waals surface area contributed by atoms with Gasteiger partial charge in [0.25, 0.3) is 0 Å². The van der Waals surface area contributed by atoms with Gasteiger partial charge in [0.1, 0.15) is 12.2 Å². The van der Waals surface area contributed by atoms with Gasteiger partial charge in [-0.2, -0.15) is 0 Å². The fraction of sp³-hybridized carbons (Fsp3) is 0.810. The van der Waals surface area contributed by atoms with Crippen molar-refractivity contribution >= 4 is 11.9 Å². The van der Waals surface area contributed by atoms with E-state index in [-0.39, 0.29) is 36.3 Å². The highest BCUT2D eigenvalue weighted by molar-refractivity contribution is 5.77. The summed E-state index contributed by atoms with van der Waals surface area (Å²) in [4.78, 5) is 24.0. The molecule has 0 radical (unpaired) electrons. The first kappa shape index (κ1) is 19.4. The van der Waals surface area contributed by atoms with Crippen LogP contribution in [0.5, 0.6) is 0 Å². The second-order valence-electron chi connectivity index (χ2n) is 9.12. The molecule has 3 rings (SSSR count). The maximum atomic E-state index is 12.5. The highest BCUT2D eigenvalue weighted by Gasteiger charge is 2.53. The molecule has 1 unspecified atom stereocenters. The van der Waals surface area contributed by atoms with Crippen LogP contribution in [-0.4, -0.2) is 36.4 Å². The van der Waals surface area contributed by atoms with Crippen molar-refractivity contribution in [3.8, 4) is 0 Å². The Morgan fingerprint density at radius 1 is 1.35 bits per heavy atom. The summed E-state index contributed by atoms with van der Waals surface area (Å²) in [5.41, 5.74) is -0.249. The van der Waals surface area contributed by atoms with Crippen LogP contribution in [0.15, 0.2) is 11.6 Å². The smallest absolute Gasteiger partial charge is 0.312 e. The van der Waals surface area contributed by atoms with Gasteiger partial charge in [-0.1, -0.05) is 25.5 Å². The molecular weight excluding hydrogens is 332 g/mol. The number of esters is 2. The first-order valence-corrected chi connectivity index (χ1v) is 9.82. The molecule has 0 spiro atoms. The van der Waals surface area contributed by atoms with Crippen molar-refractivity contribution in [2.75, 3.05) is 13.7 Å². The van der Waals surface area contributed by atoms with Gasteiger partial charge in [0, 0.05) is 0 Å². The molecule has 5 nitrogen and oxygen atoms in total. The van der Waals surface area contributed by atoms with E-state index in [4.69, 9.17) is 9.47 Å². The molecule has 0 aromatic rings. The quantitative estimate of drug-likeness (QED) is 0.611. The zero-order chi connectivity index (χ0) is 19.2. The van der Waals surface area contributed by atoms with Gasteiger partial charge in [-0.05, 0) is 62.7 Å². The molecule has 3 aliphatic rings. The van der Waals surface area contributed by atoms with E-state index in [1.807, 2.05) is 6.92 Å². The maximum Gasteiger partial charge on any atom is 0.312 e.